The Hall–Kier alpha value is -2.03. The van der Waals surface area contributed by atoms with Crippen LogP contribution in [0.25, 0.3) is 0 Å². The van der Waals surface area contributed by atoms with E-state index >= 15 is 0 Å². The first-order valence-corrected chi connectivity index (χ1v) is 6.92. The molecule has 0 atom stereocenters. The summed E-state index contributed by atoms with van der Waals surface area (Å²) >= 11 is 0. The number of aryl methyl sites for hydroxylation is 1. The van der Waals surface area contributed by atoms with E-state index in [1.165, 1.54) is 24.3 Å². The molecule has 0 bridgehead atoms. The lowest BCUT2D eigenvalue weighted by molar-refractivity contribution is 0.00737. The summed E-state index contributed by atoms with van der Waals surface area (Å²) in [6, 6.07) is 12.1. The molecule has 0 saturated carbocycles. The molecule has 0 aromatic heterocycles. The number of hydrogen-bond donors (Lipinski definition) is 0. The Balaban J connectivity index is 2.44. The largest absolute Gasteiger partial charge is 0.334 e. The van der Waals surface area contributed by atoms with E-state index in [1.54, 1.807) is 24.3 Å². The summed E-state index contributed by atoms with van der Waals surface area (Å²) in [5.74, 6) is -4.55. The molecule has 0 radical (unpaired) electrons. The van der Waals surface area contributed by atoms with Gasteiger partial charge in [-0.2, -0.15) is 8.78 Å². The van der Waals surface area contributed by atoms with Gasteiger partial charge >= 0.3 is 5.92 Å². The molecule has 0 spiro atoms. The van der Waals surface area contributed by atoms with Gasteiger partial charge in [-0.3, -0.25) is 4.79 Å². The van der Waals surface area contributed by atoms with Gasteiger partial charge in [-0.1, -0.05) is 56.3 Å². The van der Waals surface area contributed by atoms with E-state index < -0.39 is 11.7 Å². The number of carbonyl (C=O) groups is 1. The van der Waals surface area contributed by atoms with Crippen molar-refractivity contribution < 1.29 is 13.6 Å². The van der Waals surface area contributed by atoms with Gasteiger partial charge in [0, 0.05) is 11.1 Å². The van der Waals surface area contributed by atoms with Gasteiger partial charge in [0.25, 0.3) is 0 Å². The summed E-state index contributed by atoms with van der Waals surface area (Å²) < 4.78 is 28.9. The summed E-state index contributed by atoms with van der Waals surface area (Å²) in [7, 11) is 0. The van der Waals surface area contributed by atoms with E-state index in [0.29, 0.717) is 0 Å². The molecule has 2 aromatic rings. The molecule has 110 valence electrons. The first-order chi connectivity index (χ1) is 9.84. The molecule has 21 heavy (non-hydrogen) atoms. The molecule has 2 aromatic carbocycles. The third-order valence-electron chi connectivity index (χ3n) is 3.58. The summed E-state index contributed by atoms with van der Waals surface area (Å²) in [6.45, 7) is 5.78. The minimum Gasteiger partial charge on any atom is -0.287 e. The Bertz CT molecular complexity index is 646. The zero-order chi connectivity index (χ0) is 15.6. The summed E-state index contributed by atoms with van der Waals surface area (Å²) in [6.07, 6.45) is 0. The second-order valence-electron chi connectivity index (χ2n) is 5.50. The van der Waals surface area contributed by atoms with Crippen molar-refractivity contribution in [2.45, 2.75) is 32.6 Å². The number of benzene rings is 2. The highest BCUT2D eigenvalue weighted by atomic mass is 19.3. The molecule has 0 heterocycles. The first-order valence-electron chi connectivity index (χ1n) is 6.92. The molecule has 0 unspecified atom stereocenters. The Morgan fingerprint density at radius 2 is 1.67 bits per heavy atom. The quantitative estimate of drug-likeness (QED) is 0.716. The minimum absolute atomic E-state index is 0.0224. The van der Waals surface area contributed by atoms with Crippen molar-refractivity contribution in [3.8, 4) is 0 Å². The molecular formula is C18H18F2O. The van der Waals surface area contributed by atoms with Crippen LogP contribution in [-0.2, 0) is 5.92 Å². The molecule has 0 aliphatic carbocycles. The van der Waals surface area contributed by atoms with Gasteiger partial charge in [0.05, 0.1) is 0 Å². The van der Waals surface area contributed by atoms with Gasteiger partial charge < -0.3 is 0 Å². The summed E-state index contributed by atoms with van der Waals surface area (Å²) in [4.78, 5) is 12.1. The summed E-state index contributed by atoms with van der Waals surface area (Å²) in [5, 5.41) is 0. The number of carbonyl (C=O) groups excluding carboxylic acids is 1. The standard InChI is InChI=1S/C18H18F2O/c1-12(2)16-11-15(10-9-13(16)3)18(19,20)17(21)14-7-5-4-6-8-14/h4-12H,1-3H3. The molecule has 0 N–H and O–H groups in total. The van der Waals surface area contributed by atoms with Crippen molar-refractivity contribution in [3.63, 3.8) is 0 Å². The molecule has 2 rings (SSSR count). The topological polar surface area (TPSA) is 17.1 Å². The molecule has 0 saturated heterocycles. The highest BCUT2D eigenvalue weighted by Crippen LogP contribution is 2.34. The average Bonchev–Trinajstić information content (AvgIpc) is 2.47. The van der Waals surface area contributed by atoms with Crippen LogP contribution in [0.15, 0.2) is 48.5 Å². The van der Waals surface area contributed by atoms with Crippen LogP contribution in [0, 0.1) is 6.92 Å². The van der Waals surface area contributed by atoms with Crippen molar-refractivity contribution in [2.24, 2.45) is 0 Å². The molecule has 3 heteroatoms. The van der Waals surface area contributed by atoms with Gasteiger partial charge in [0.1, 0.15) is 0 Å². The fraction of sp³-hybridized carbons (Fsp3) is 0.278. The Morgan fingerprint density at radius 1 is 1.05 bits per heavy atom. The second-order valence-corrected chi connectivity index (χ2v) is 5.50. The van der Waals surface area contributed by atoms with E-state index in [2.05, 4.69) is 0 Å². The molecule has 1 nitrogen and oxygen atoms in total. The van der Waals surface area contributed by atoms with Gasteiger partial charge in [0.2, 0.25) is 5.78 Å². The average molecular weight is 288 g/mol. The van der Waals surface area contributed by atoms with E-state index in [4.69, 9.17) is 0 Å². The lowest BCUT2D eigenvalue weighted by atomic mass is 9.91. The third kappa shape index (κ3) is 3.02. The van der Waals surface area contributed by atoms with Crippen LogP contribution in [0.1, 0.15) is 46.8 Å². The number of Topliss-reactive ketones (excluding diaryl/α,β-unsaturated/α-hetero) is 1. The number of halogens is 2. The van der Waals surface area contributed by atoms with Crippen molar-refractivity contribution in [3.05, 3.63) is 70.8 Å². The number of ketones is 1. The van der Waals surface area contributed by atoms with Crippen LogP contribution in [0.5, 0.6) is 0 Å². The monoisotopic (exact) mass is 288 g/mol. The van der Waals surface area contributed by atoms with Crippen molar-refractivity contribution in [1.82, 2.24) is 0 Å². The van der Waals surface area contributed by atoms with E-state index in [1.807, 2.05) is 20.8 Å². The van der Waals surface area contributed by atoms with E-state index in [0.717, 1.165) is 11.1 Å². The van der Waals surface area contributed by atoms with Crippen LogP contribution in [0.4, 0.5) is 8.78 Å². The lowest BCUT2D eigenvalue weighted by Gasteiger charge is -2.18. The Morgan fingerprint density at radius 3 is 2.24 bits per heavy atom. The highest BCUT2D eigenvalue weighted by Gasteiger charge is 2.41. The smallest absolute Gasteiger partial charge is 0.287 e. The van der Waals surface area contributed by atoms with Gasteiger partial charge in [-0.15, -0.1) is 0 Å². The fourth-order valence-corrected chi connectivity index (χ4v) is 2.36. The Kier molecular flexibility index (Phi) is 4.21. The van der Waals surface area contributed by atoms with Crippen molar-refractivity contribution in [2.75, 3.05) is 0 Å². The van der Waals surface area contributed by atoms with E-state index in [9.17, 15) is 13.6 Å². The Labute approximate surface area is 123 Å². The molecular weight excluding hydrogens is 270 g/mol. The van der Waals surface area contributed by atoms with Gasteiger partial charge in [-0.25, -0.2) is 0 Å². The van der Waals surface area contributed by atoms with Crippen LogP contribution < -0.4 is 0 Å². The fourth-order valence-electron chi connectivity index (χ4n) is 2.36. The molecule has 0 fully saturated rings. The van der Waals surface area contributed by atoms with Crippen molar-refractivity contribution >= 4 is 5.78 Å². The molecule has 0 aliphatic rings. The van der Waals surface area contributed by atoms with Crippen LogP contribution >= 0.6 is 0 Å². The predicted molar refractivity (Wildman–Crippen MR) is 79.9 cm³/mol. The maximum atomic E-state index is 14.5. The number of rotatable bonds is 4. The maximum Gasteiger partial charge on any atom is 0.334 e. The SMILES string of the molecule is Cc1ccc(C(F)(F)C(=O)c2ccccc2)cc1C(C)C. The number of hydrogen-bond acceptors (Lipinski definition) is 1. The lowest BCUT2D eigenvalue weighted by Crippen LogP contribution is -2.26. The van der Waals surface area contributed by atoms with Crippen molar-refractivity contribution in [1.29, 1.82) is 0 Å². The molecule has 0 aliphatic heterocycles. The third-order valence-corrected chi connectivity index (χ3v) is 3.58. The number of alkyl halides is 2. The van der Waals surface area contributed by atoms with Gasteiger partial charge in [0.15, 0.2) is 0 Å². The van der Waals surface area contributed by atoms with Crippen LogP contribution in [-0.4, -0.2) is 5.78 Å². The highest BCUT2D eigenvalue weighted by molar-refractivity contribution is 6.01. The first kappa shape index (κ1) is 15.4. The van der Waals surface area contributed by atoms with E-state index in [-0.39, 0.29) is 17.0 Å². The minimum atomic E-state index is -3.52. The maximum absolute atomic E-state index is 14.5. The zero-order valence-electron chi connectivity index (χ0n) is 12.4. The van der Waals surface area contributed by atoms with Crippen LogP contribution in [0.3, 0.4) is 0 Å². The van der Waals surface area contributed by atoms with Crippen LogP contribution in [0.2, 0.25) is 0 Å². The second kappa shape index (κ2) is 5.76. The molecule has 0 amide bonds. The van der Waals surface area contributed by atoms with Gasteiger partial charge in [-0.05, 0) is 30.0 Å². The zero-order valence-corrected chi connectivity index (χ0v) is 12.4. The summed E-state index contributed by atoms with van der Waals surface area (Å²) in [5.41, 5.74) is 1.57. The normalized spacial score (nSPS) is 11.7. The predicted octanol–water partition coefficient (Wildman–Crippen LogP) is 5.09.